The molecule has 0 saturated heterocycles. The minimum absolute atomic E-state index is 0.375. The van der Waals surface area contributed by atoms with Crippen molar-refractivity contribution < 1.29 is 9.47 Å². The van der Waals surface area contributed by atoms with E-state index in [0.717, 1.165) is 30.4 Å². The van der Waals surface area contributed by atoms with E-state index in [9.17, 15) is 0 Å². The zero-order chi connectivity index (χ0) is 10.5. The van der Waals surface area contributed by atoms with Gasteiger partial charge in [0.15, 0.2) is 11.5 Å². The first-order chi connectivity index (χ1) is 7.92. The number of hydrogen-bond donors (Lipinski definition) is 1. The van der Waals surface area contributed by atoms with Gasteiger partial charge in [0.05, 0.1) is 0 Å². The van der Waals surface area contributed by atoms with Crippen molar-refractivity contribution in [2.24, 2.45) is 5.92 Å². The maximum absolute atomic E-state index is 5.46. The van der Waals surface area contributed by atoms with E-state index in [0.29, 0.717) is 12.8 Å². The molecule has 0 radical (unpaired) electrons. The summed E-state index contributed by atoms with van der Waals surface area (Å²) >= 11 is 0. The highest BCUT2D eigenvalue weighted by Gasteiger charge is 2.35. The Morgan fingerprint density at radius 2 is 1.94 bits per heavy atom. The Hall–Kier alpha value is -1.22. The molecule has 1 aromatic carbocycles. The fourth-order valence-electron chi connectivity index (χ4n) is 2.83. The molecular weight excluding hydrogens is 202 g/mol. The van der Waals surface area contributed by atoms with E-state index in [1.807, 2.05) is 0 Å². The molecular formula is C13H15NO2. The van der Waals surface area contributed by atoms with Gasteiger partial charge < -0.3 is 14.8 Å². The van der Waals surface area contributed by atoms with Crippen LogP contribution in [0.2, 0.25) is 0 Å². The molecule has 2 aliphatic heterocycles. The molecule has 0 bridgehead atoms. The maximum atomic E-state index is 5.46. The van der Waals surface area contributed by atoms with E-state index >= 15 is 0 Å². The summed E-state index contributed by atoms with van der Waals surface area (Å²) in [7, 11) is 0. The van der Waals surface area contributed by atoms with E-state index in [-0.39, 0.29) is 0 Å². The van der Waals surface area contributed by atoms with E-state index in [1.165, 1.54) is 24.0 Å². The largest absolute Gasteiger partial charge is 0.454 e. The summed E-state index contributed by atoms with van der Waals surface area (Å²) in [5.41, 5.74) is 2.89. The highest BCUT2D eigenvalue weighted by atomic mass is 16.7. The molecule has 84 valence electrons. The van der Waals surface area contributed by atoms with Crippen LogP contribution in [0.5, 0.6) is 11.5 Å². The second-order valence-corrected chi connectivity index (χ2v) is 4.92. The van der Waals surface area contributed by atoms with E-state index in [4.69, 9.17) is 9.47 Å². The highest BCUT2D eigenvalue weighted by Crippen LogP contribution is 2.46. The predicted octanol–water partition coefficient (Wildman–Crippen LogP) is 2.01. The zero-order valence-corrected chi connectivity index (χ0v) is 9.16. The summed E-state index contributed by atoms with van der Waals surface area (Å²) in [6.45, 7) is 1.47. The van der Waals surface area contributed by atoms with Crippen molar-refractivity contribution >= 4 is 0 Å². The topological polar surface area (TPSA) is 30.5 Å². The Morgan fingerprint density at radius 3 is 2.75 bits per heavy atom. The summed E-state index contributed by atoms with van der Waals surface area (Å²) in [6, 6.07) is 4.92. The smallest absolute Gasteiger partial charge is 0.231 e. The van der Waals surface area contributed by atoms with Gasteiger partial charge >= 0.3 is 0 Å². The van der Waals surface area contributed by atoms with Crippen LogP contribution in [-0.2, 0) is 6.42 Å². The van der Waals surface area contributed by atoms with Gasteiger partial charge in [-0.1, -0.05) is 0 Å². The Kier molecular flexibility index (Phi) is 1.74. The fourth-order valence-corrected chi connectivity index (χ4v) is 2.83. The summed E-state index contributed by atoms with van der Waals surface area (Å²) < 4.78 is 10.9. The summed E-state index contributed by atoms with van der Waals surface area (Å²) in [4.78, 5) is 0. The van der Waals surface area contributed by atoms with Crippen LogP contribution in [0.15, 0.2) is 12.1 Å². The standard InChI is InChI=1S/C13H15NO2/c1-2-8(1)13-10-6-12-11(15-7-16-12)5-9(10)3-4-14-13/h5-6,8,13-14H,1-4,7H2. The molecule has 1 atom stereocenters. The number of nitrogens with one attached hydrogen (secondary N) is 1. The van der Waals surface area contributed by atoms with Crippen molar-refractivity contribution in [3.05, 3.63) is 23.3 Å². The normalized spacial score (nSPS) is 26.6. The molecule has 3 heteroatoms. The van der Waals surface area contributed by atoms with Gasteiger partial charge in [0, 0.05) is 6.04 Å². The molecule has 3 aliphatic rings. The number of hydrogen-bond acceptors (Lipinski definition) is 3. The van der Waals surface area contributed by atoms with Crippen LogP contribution in [0.4, 0.5) is 0 Å². The molecule has 1 unspecified atom stereocenters. The molecule has 3 nitrogen and oxygen atoms in total. The van der Waals surface area contributed by atoms with Crippen molar-refractivity contribution in [3.8, 4) is 11.5 Å². The number of fused-ring (bicyclic) bond motifs is 2. The average Bonchev–Trinajstić information content (AvgIpc) is 3.05. The molecule has 1 saturated carbocycles. The fraction of sp³-hybridized carbons (Fsp3) is 0.538. The second kappa shape index (κ2) is 3.14. The van der Waals surface area contributed by atoms with Crippen LogP contribution in [0, 0.1) is 5.92 Å². The van der Waals surface area contributed by atoms with Crippen molar-refractivity contribution in [2.45, 2.75) is 25.3 Å². The molecule has 0 aromatic heterocycles. The van der Waals surface area contributed by atoms with Gasteiger partial charge in [-0.3, -0.25) is 0 Å². The lowest BCUT2D eigenvalue weighted by Gasteiger charge is -2.27. The summed E-state index contributed by atoms with van der Waals surface area (Å²) in [5, 5.41) is 3.63. The third-order valence-electron chi connectivity index (χ3n) is 3.82. The number of benzene rings is 1. The molecule has 0 spiro atoms. The summed E-state index contributed by atoms with van der Waals surface area (Å²) in [6.07, 6.45) is 3.84. The van der Waals surface area contributed by atoms with Crippen molar-refractivity contribution in [2.75, 3.05) is 13.3 Å². The van der Waals surface area contributed by atoms with Gasteiger partial charge in [0.1, 0.15) is 0 Å². The van der Waals surface area contributed by atoms with E-state index in [2.05, 4.69) is 17.4 Å². The monoisotopic (exact) mass is 217 g/mol. The van der Waals surface area contributed by atoms with Gasteiger partial charge in [0.2, 0.25) is 6.79 Å². The molecule has 1 fully saturated rings. The third kappa shape index (κ3) is 1.24. The maximum Gasteiger partial charge on any atom is 0.231 e. The lowest BCUT2D eigenvalue weighted by molar-refractivity contribution is 0.174. The molecule has 0 amide bonds. The Morgan fingerprint density at radius 1 is 1.12 bits per heavy atom. The van der Waals surface area contributed by atoms with Crippen LogP contribution < -0.4 is 14.8 Å². The first-order valence-electron chi connectivity index (χ1n) is 6.07. The lowest BCUT2D eigenvalue weighted by atomic mass is 9.91. The quantitative estimate of drug-likeness (QED) is 0.780. The first-order valence-corrected chi connectivity index (χ1v) is 6.07. The molecule has 1 aliphatic carbocycles. The zero-order valence-electron chi connectivity index (χ0n) is 9.16. The Bertz CT molecular complexity index is 440. The molecule has 1 aromatic rings. The van der Waals surface area contributed by atoms with Gasteiger partial charge in [-0.25, -0.2) is 0 Å². The number of ether oxygens (including phenoxy) is 2. The van der Waals surface area contributed by atoms with Crippen LogP contribution in [0.1, 0.15) is 30.0 Å². The highest BCUT2D eigenvalue weighted by molar-refractivity contribution is 5.50. The summed E-state index contributed by atoms with van der Waals surface area (Å²) in [5.74, 6) is 2.70. The van der Waals surface area contributed by atoms with Gasteiger partial charge in [0.25, 0.3) is 0 Å². The van der Waals surface area contributed by atoms with Crippen molar-refractivity contribution in [3.63, 3.8) is 0 Å². The van der Waals surface area contributed by atoms with Gasteiger partial charge in [-0.2, -0.15) is 0 Å². The second-order valence-electron chi connectivity index (χ2n) is 4.92. The molecule has 4 rings (SSSR count). The van der Waals surface area contributed by atoms with Crippen LogP contribution in [-0.4, -0.2) is 13.3 Å². The van der Waals surface area contributed by atoms with Gasteiger partial charge in [-0.05, 0) is 55.0 Å². The minimum Gasteiger partial charge on any atom is -0.454 e. The minimum atomic E-state index is 0.375. The Balaban J connectivity index is 1.81. The SMILES string of the molecule is c1c2c(cc3c1OCO3)C(C1CC1)NCC2. The van der Waals surface area contributed by atoms with Crippen LogP contribution in [0.25, 0.3) is 0 Å². The third-order valence-corrected chi connectivity index (χ3v) is 3.82. The van der Waals surface area contributed by atoms with Crippen molar-refractivity contribution in [1.29, 1.82) is 0 Å². The Labute approximate surface area is 94.7 Å². The first kappa shape index (κ1) is 8.88. The molecule has 1 N–H and O–H groups in total. The van der Waals surface area contributed by atoms with Crippen LogP contribution in [0.3, 0.4) is 0 Å². The average molecular weight is 217 g/mol. The van der Waals surface area contributed by atoms with Crippen molar-refractivity contribution in [1.82, 2.24) is 5.32 Å². The van der Waals surface area contributed by atoms with Gasteiger partial charge in [-0.15, -0.1) is 0 Å². The van der Waals surface area contributed by atoms with E-state index < -0.39 is 0 Å². The van der Waals surface area contributed by atoms with Crippen LogP contribution >= 0.6 is 0 Å². The molecule has 2 heterocycles. The predicted molar refractivity (Wildman–Crippen MR) is 59.7 cm³/mol. The lowest BCUT2D eigenvalue weighted by Crippen LogP contribution is -2.31. The number of rotatable bonds is 1. The molecule has 16 heavy (non-hydrogen) atoms. The van der Waals surface area contributed by atoms with E-state index in [1.54, 1.807) is 0 Å².